The summed E-state index contributed by atoms with van der Waals surface area (Å²) in [6.45, 7) is 5.32. The van der Waals surface area contributed by atoms with Crippen LogP contribution in [0.25, 0.3) is 0 Å². The Hall–Kier alpha value is -1.58. The first-order valence-electron chi connectivity index (χ1n) is 8.56. The van der Waals surface area contributed by atoms with Gasteiger partial charge in [0.1, 0.15) is 6.10 Å². The molecule has 27 heavy (non-hydrogen) atoms. The van der Waals surface area contributed by atoms with Crippen LogP contribution in [0.3, 0.4) is 0 Å². The average Bonchev–Trinajstić information content (AvgIpc) is 2.93. The van der Waals surface area contributed by atoms with Crippen LogP contribution in [0, 0.1) is 5.92 Å². The Balaban J connectivity index is 1.94. The first-order chi connectivity index (χ1) is 12.7. The summed E-state index contributed by atoms with van der Waals surface area (Å²) in [5, 5.41) is 5.58. The Morgan fingerprint density at radius 2 is 2.07 bits per heavy atom. The molecule has 1 fully saturated rings. The highest BCUT2D eigenvalue weighted by Crippen LogP contribution is 2.21. The van der Waals surface area contributed by atoms with E-state index in [1.165, 1.54) is 0 Å². The van der Waals surface area contributed by atoms with E-state index in [9.17, 15) is 14.4 Å². The van der Waals surface area contributed by atoms with Crippen LogP contribution in [-0.2, 0) is 18.9 Å². The van der Waals surface area contributed by atoms with E-state index in [1.807, 2.05) is 13.8 Å². The summed E-state index contributed by atoms with van der Waals surface area (Å²) < 4.78 is 11.3. The predicted molar refractivity (Wildman–Crippen MR) is 105 cm³/mol. The highest BCUT2D eigenvalue weighted by atomic mass is 79.9. The van der Waals surface area contributed by atoms with Crippen molar-refractivity contribution in [3.8, 4) is 0 Å². The molecular formula is C17H21BBrClN2O5. The van der Waals surface area contributed by atoms with Crippen molar-refractivity contribution in [1.29, 1.82) is 0 Å². The van der Waals surface area contributed by atoms with Gasteiger partial charge in [0.25, 0.3) is 5.91 Å². The van der Waals surface area contributed by atoms with Crippen LogP contribution in [0.4, 0.5) is 0 Å². The third kappa shape index (κ3) is 6.22. The third-order valence-corrected chi connectivity index (χ3v) is 4.71. The van der Waals surface area contributed by atoms with Crippen molar-refractivity contribution in [2.24, 2.45) is 5.92 Å². The van der Waals surface area contributed by atoms with Crippen molar-refractivity contribution in [3.05, 3.63) is 33.3 Å². The first kappa shape index (κ1) is 21.7. The fourth-order valence-electron chi connectivity index (χ4n) is 2.60. The maximum Gasteiger partial charge on any atom is 0.552 e. The molecule has 1 aromatic rings. The van der Waals surface area contributed by atoms with Gasteiger partial charge in [-0.3, -0.25) is 14.4 Å². The van der Waals surface area contributed by atoms with Crippen molar-refractivity contribution < 1.29 is 23.7 Å². The Bertz CT molecular complexity index is 733. The molecule has 1 heterocycles. The molecule has 10 heteroatoms. The minimum absolute atomic E-state index is 0.239. The molecule has 2 amide bonds. The zero-order chi connectivity index (χ0) is 20.1. The molecule has 1 aromatic carbocycles. The van der Waals surface area contributed by atoms with Gasteiger partial charge in [-0.15, -0.1) is 0 Å². The lowest BCUT2D eigenvalue weighted by Crippen LogP contribution is -2.50. The minimum atomic E-state index is -0.839. The van der Waals surface area contributed by atoms with Gasteiger partial charge >= 0.3 is 13.1 Å². The maximum atomic E-state index is 12.3. The molecule has 2 rings (SSSR count). The lowest BCUT2D eigenvalue weighted by molar-refractivity contribution is -0.135. The Kier molecular flexibility index (Phi) is 7.70. The normalized spacial score (nSPS) is 17.6. The van der Waals surface area contributed by atoms with Crippen LogP contribution in [-0.4, -0.2) is 43.5 Å². The van der Waals surface area contributed by atoms with Crippen LogP contribution >= 0.6 is 27.5 Å². The van der Waals surface area contributed by atoms with Crippen molar-refractivity contribution in [3.63, 3.8) is 0 Å². The van der Waals surface area contributed by atoms with Gasteiger partial charge in [0.15, 0.2) is 0 Å². The molecule has 1 aliphatic heterocycles. The van der Waals surface area contributed by atoms with Gasteiger partial charge in [0.2, 0.25) is 5.91 Å². The summed E-state index contributed by atoms with van der Waals surface area (Å²) in [7, 11) is -0.839. The summed E-state index contributed by atoms with van der Waals surface area (Å²) in [5.74, 6) is -1.60. The van der Waals surface area contributed by atoms with Crippen LogP contribution < -0.4 is 10.6 Å². The number of hydrogen-bond acceptors (Lipinski definition) is 5. The van der Waals surface area contributed by atoms with Crippen LogP contribution in [0.5, 0.6) is 0 Å². The molecule has 0 aliphatic carbocycles. The molecule has 0 spiro atoms. The van der Waals surface area contributed by atoms with Gasteiger partial charge in [-0.1, -0.05) is 41.4 Å². The van der Waals surface area contributed by atoms with E-state index in [4.69, 9.17) is 20.9 Å². The number of halogens is 2. The molecule has 0 unspecified atom stereocenters. The highest BCUT2D eigenvalue weighted by molar-refractivity contribution is 9.10. The van der Waals surface area contributed by atoms with Gasteiger partial charge in [-0.05, 0) is 37.5 Å². The molecule has 2 atom stereocenters. The molecule has 0 saturated carbocycles. The molecule has 0 radical (unpaired) electrons. The summed E-state index contributed by atoms with van der Waals surface area (Å²) in [4.78, 5) is 36.1. The molecular weight excluding hydrogens is 438 g/mol. The quantitative estimate of drug-likeness (QED) is 0.611. The second-order valence-corrected chi connectivity index (χ2v) is 8.02. The number of rotatable bonds is 7. The van der Waals surface area contributed by atoms with Crippen molar-refractivity contribution in [2.75, 3.05) is 6.54 Å². The lowest BCUT2D eigenvalue weighted by Gasteiger charge is -2.21. The van der Waals surface area contributed by atoms with Gasteiger partial charge < -0.3 is 19.9 Å². The van der Waals surface area contributed by atoms with Gasteiger partial charge in [0.05, 0.1) is 23.1 Å². The third-order valence-electron chi connectivity index (χ3n) is 3.89. The van der Waals surface area contributed by atoms with Crippen LogP contribution in [0.2, 0.25) is 5.02 Å². The lowest BCUT2D eigenvalue weighted by atomic mass is 9.74. The number of carbonyl (C=O) groups excluding carboxylic acids is 3. The zero-order valence-corrected chi connectivity index (χ0v) is 17.6. The van der Waals surface area contributed by atoms with E-state index in [-0.39, 0.29) is 23.0 Å². The van der Waals surface area contributed by atoms with Gasteiger partial charge in [-0.2, -0.15) is 0 Å². The number of nitrogens with one attached hydrogen (secondary N) is 2. The van der Waals surface area contributed by atoms with E-state index in [0.717, 1.165) is 0 Å². The summed E-state index contributed by atoms with van der Waals surface area (Å²) in [6.07, 6.45) is -0.109. The second kappa shape index (κ2) is 9.57. The van der Waals surface area contributed by atoms with Crippen LogP contribution in [0.15, 0.2) is 22.7 Å². The zero-order valence-electron chi connectivity index (χ0n) is 15.3. The highest BCUT2D eigenvalue weighted by Gasteiger charge is 2.44. The Morgan fingerprint density at radius 1 is 1.37 bits per heavy atom. The maximum absolute atomic E-state index is 12.3. The van der Waals surface area contributed by atoms with Gasteiger partial charge in [0, 0.05) is 4.47 Å². The standard InChI is InChI=1S/C17H21BBrClN2O5/c1-9(2)6-14(18-26-10(3)17(25)27-18)22-15(23)8-21-16(24)12-7-11(19)4-5-13(12)20/h4-5,7,9-10,14H,6,8H2,1-3H3,(H,21,24)(H,22,23)/t10-,14-/m0/s1. The number of benzene rings is 1. The molecule has 0 aromatic heterocycles. The molecule has 7 nitrogen and oxygen atoms in total. The Morgan fingerprint density at radius 3 is 2.67 bits per heavy atom. The Labute approximate surface area is 171 Å². The van der Waals surface area contributed by atoms with E-state index in [2.05, 4.69) is 26.6 Å². The van der Waals surface area contributed by atoms with E-state index < -0.39 is 36.9 Å². The molecule has 0 bridgehead atoms. The predicted octanol–water partition coefficient (Wildman–Crippen LogP) is 2.35. The average molecular weight is 460 g/mol. The van der Waals surface area contributed by atoms with Crippen molar-refractivity contribution in [2.45, 2.75) is 39.2 Å². The molecule has 1 saturated heterocycles. The van der Waals surface area contributed by atoms with E-state index in [0.29, 0.717) is 10.9 Å². The van der Waals surface area contributed by atoms with Crippen LogP contribution in [0.1, 0.15) is 37.6 Å². The molecule has 146 valence electrons. The molecule has 2 N–H and O–H groups in total. The summed E-state index contributed by atoms with van der Waals surface area (Å²) in [5.41, 5.74) is 0.263. The number of carbonyl (C=O) groups is 3. The number of hydrogen-bond donors (Lipinski definition) is 2. The first-order valence-corrected chi connectivity index (χ1v) is 9.73. The summed E-state index contributed by atoms with van der Waals surface area (Å²) in [6, 6.07) is 4.88. The van der Waals surface area contributed by atoms with E-state index in [1.54, 1.807) is 25.1 Å². The second-order valence-electron chi connectivity index (χ2n) is 6.69. The molecule has 1 aliphatic rings. The van der Waals surface area contributed by atoms with Crippen molar-refractivity contribution >= 4 is 52.4 Å². The fraction of sp³-hybridized carbons (Fsp3) is 0.471. The van der Waals surface area contributed by atoms with E-state index >= 15 is 0 Å². The largest absolute Gasteiger partial charge is 0.552 e. The van der Waals surface area contributed by atoms with Gasteiger partial charge in [-0.25, -0.2) is 0 Å². The monoisotopic (exact) mass is 458 g/mol. The fourth-order valence-corrected chi connectivity index (χ4v) is 3.17. The smallest absolute Gasteiger partial charge is 0.506 e. The van der Waals surface area contributed by atoms with Crippen molar-refractivity contribution in [1.82, 2.24) is 10.6 Å². The topological polar surface area (TPSA) is 93.7 Å². The SMILES string of the molecule is CC(C)C[C@H](NC(=O)CNC(=O)c1cc(Br)ccc1Cl)B1OC(=O)[C@H](C)O1. The minimum Gasteiger partial charge on any atom is -0.506 e. The number of amides is 2. The summed E-state index contributed by atoms with van der Waals surface area (Å²) >= 11 is 9.29.